The molecule has 1 spiro atoms. The van der Waals surface area contributed by atoms with Crippen molar-refractivity contribution in [2.75, 3.05) is 11.9 Å². The van der Waals surface area contributed by atoms with Crippen molar-refractivity contribution in [3.05, 3.63) is 29.8 Å². The average Bonchev–Trinajstić information content (AvgIpc) is 2.85. The molecular formula is C27H37NO4. The maximum Gasteiger partial charge on any atom is 0.149 e. The predicted octanol–water partition coefficient (Wildman–Crippen LogP) is 3.76. The van der Waals surface area contributed by atoms with Crippen LogP contribution in [0.25, 0.3) is 0 Å². The Morgan fingerprint density at radius 2 is 1.84 bits per heavy atom. The van der Waals surface area contributed by atoms with Crippen molar-refractivity contribution in [1.82, 2.24) is 0 Å². The number of hydrogen-bond acceptors (Lipinski definition) is 5. The molecule has 0 radical (unpaired) electrons. The molecule has 4 aliphatic rings. The van der Waals surface area contributed by atoms with Crippen LogP contribution in [0.5, 0.6) is 0 Å². The fourth-order valence-electron chi connectivity index (χ4n) is 8.56. The van der Waals surface area contributed by atoms with Crippen LogP contribution in [0.4, 0.5) is 5.69 Å². The van der Waals surface area contributed by atoms with Crippen molar-refractivity contribution in [3.8, 4) is 0 Å². The van der Waals surface area contributed by atoms with E-state index in [4.69, 9.17) is 0 Å². The van der Waals surface area contributed by atoms with E-state index in [1.807, 2.05) is 39.0 Å². The molecule has 1 aromatic rings. The van der Waals surface area contributed by atoms with E-state index in [1.54, 1.807) is 0 Å². The lowest BCUT2D eigenvalue weighted by molar-refractivity contribution is -0.222. The van der Waals surface area contributed by atoms with Crippen LogP contribution in [-0.2, 0) is 9.59 Å². The van der Waals surface area contributed by atoms with Gasteiger partial charge in [-0.15, -0.1) is 0 Å². The lowest BCUT2D eigenvalue weighted by Crippen LogP contribution is -2.68. The lowest BCUT2D eigenvalue weighted by Gasteiger charge is -2.64. The number of aryl methyl sites for hydroxylation is 1. The Morgan fingerprint density at radius 3 is 2.56 bits per heavy atom. The van der Waals surface area contributed by atoms with Gasteiger partial charge in [-0.25, -0.2) is 0 Å². The molecule has 1 aromatic carbocycles. The number of benzene rings is 1. The molecule has 4 fully saturated rings. The van der Waals surface area contributed by atoms with Crippen molar-refractivity contribution in [2.45, 2.75) is 72.0 Å². The highest BCUT2D eigenvalue weighted by atomic mass is 16.3. The first-order chi connectivity index (χ1) is 15.0. The number of Topliss-reactive ketones (excluding diaryl/α,β-unsaturated/α-hetero) is 2. The number of hydrogen-bond donors (Lipinski definition) is 3. The molecule has 4 saturated carbocycles. The van der Waals surface area contributed by atoms with Gasteiger partial charge in [-0.3, -0.25) is 9.59 Å². The monoisotopic (exact) mass is 439 g/mol. The van der Waals surface area contributed by atoms with Gasteiger partial charge in [0.25, 0.3) is 0 Å². The van der Waals surface area contributed by atoms with Crippen LogP contribution in [0.3, 0.4) is 0 Å². The van der Waals surface area contributed by atoms with Gasteiger partial charge in [-0.1, -0.05) is 32.9 Å². The largest absolute Gasteiger partial charge is 0.392 e. The molecule has 0 aliphatic heterocycles. The van der Waals surface area contributed by atoms with E-state index in [2.05, 4.69) is 18.3 Å². The van der Waals surface area contributed by atoms with Gasteiger partial charge >= 0.3 is 0 Å². The Bertz CT molecular complexity index is 957. The van der Waals surface area contributed by atoms with Gasteiger partial charge < -0.3 is 15.5 Å². The molecule has 0 heterocycles. The van der Waals surface area contributed by atoms with Gasteiger partial charge in [-0.05, 0) is 73.5 Å². The van der Waals surface area contributed by atoms with E-state index < -0.39 is 23.0 Å². The summed E-state index contributed by atoms with van der Waals surface area (Å²) in [7, 11) is 0. The molecule has 3 N–H and O–H groups in total. The minimum absolute atomic E-state index is 0.0305. The van der Waals surface area contributed by atoms with E-state index in [9.17, 15) is 19.8 Å². The second kappa shape index (κ2) is 7.14. The summed E-state index contributed by atoms with van der Waals surface area (Å²) in [6, 6.07) is 8.09. The normalized spacial score (nSPS) is 44.7. The summed E-state index contributed by atoms with van der Waals surface area (Å²) in [6.45, 7) is 8.76. The summed E-state index contributed by atoms with van der Waals surface area (Å²) in [5, 5.41) is 26.5. The number of carbonyl (C=O) groups excluding carboxylic acids is 2. The summed E-state index contributed by atoms with van der Waals surface area (Å²) in [6.07, 6.45) is 1.60. The third kappa shape index (κ3) is 2.70. The fraction of sp³-hybridized carbons (Fsp3) is 0.704. The molecule has 5 nitrogen and oxygen atoms in total. The second-order valence-electron chi connectivity index (χ2n) is 11.8. The highest BCUT2D eigenvalue weighted by Gasteiger charge is 2.75. The van der Waals surface area contributed by atoms with Gasteiger partial charge in [0.2, 0.25) is 0 Å². The van der Waals surface area contributed by atoms with Crippen molar-refractivity contribution in [2.24, 2.45) is 39.9 Å². The molecule has 5 heteroatoms. The molecule has 0 amide bonds. The van der Waals surface area contributed by atoms with Crippen LogP contribution < -0.4 is 5.32 Å². The van der Waals surface area contributed by atoms with Crippen LogP contribution in [0.15, 0.2) is 24.3 Å². The first-order valence-electron chi connectivity index (χ1n) is 12.3. The standard InChI is InChI=1S/C27H37NO4/c1-15-6-5-7-16(12-15)28-14-18-17-8-9-19-26(4)11-10-21(29)25(2,3)20(26)13-22(30)27(19,23(17)31)24(18)32/h5-7,12,17-20,22-23,28,30-31H,8-11,13-14H2,1-4H3/t17-,18?,19-,20+,22+,23+,26-,27+/m0/s1. The summed E-state index contributed by atoms with van der Waals surface area (Å²) in [5.41, 5.74) is 0.305. The highest BCUT2D eigenvalue weighted by Crippen LogP contribution is 2.70. The van der Waals surface area contributed by atoms with E-state index in [-0.39, 0.29) is 40.7 Å². The van der Waals surface area contributed by atoms with Crippen LogP contribution in [-0.4, -0.2) is 40.5 Å². The number of aliphatic hydroxyl groups excluding tert-OH is 2. The first kappa shape index (κ1) is 22.1. The second-order valence-corrected chi connectivity index (χ2v) is 11.8. The molecule has 1 unspecified atom stereocenters. The maximum absolute atomic E-state index is 14.1. The Morgan fingerprint density at radius 1 is 1.09 bits per heavy atom. The molecule has 174 valence electrons. The molecule has 8 atom stereocenters. The molecule has 0 saturated heterocycles. The van der Waals surface area contributed by atoms with Crippen molar-refractivity contribution < 1.29 is 19.8 Å². The van der Waals surface area contributed by atoms with E-state index >= 15 is 0 Å². The predicted molar refractivity (Wildman–Crippen MR) is 123 cm³/mol. The van der Waals surface area contributed by atoms with Crippen molar-refractivity contribution in [3.63, 3.8) is 0 Å². The molecule has 2 bridgehead atoms. The van der Waals surface area contributed by atoms with Gasteiger partial charge in [0.15, 0.2) is 0 Å². The van der Waals surface area contributed by atoms with E-state index in [1.165, 1.54) is 0 Å². The van der Waals surface area contributed by atoms with Crippen LogP contribution in [0, 0.1) is 46.8 Å². The number of fused-ring (bicyclic) bond motifs is 3. The van der Waals surface area contributed by atoms with Gasteiger partial charge in [0, 0.05) is 30.0 Å². The molecular weight excluding hydrogens is 402 g/mol. The zero-order chi connectivity index (χ0) is 23.1. The third-order valence-electron chi connectivity index (χ3n) is 10.2. The zero-order valence-electron chi connectivity index (χ0n) is 19.7. The third-order valence-corrected chi connectivity index (χ3v) is 10.2. The summed E-state index contributed by atoms with van der Waals surface area (Å²) < 4.78 is 0. The summed E-state index contributed by atoms with van der Waals surface area (Å²) in [5.74, 6) is -0.177. The number of carbonyl (C=O) groups is 2. The van der Waals surface area contributed by atoms with Crippen molar-refractivity contribution in [1.29, 1.82) is 0 Å². The minimum atomic E-state index is -1.09. The number of aliphatic hydroxyl groups is 2. The number of anilines is 1. The fourth-order valence-corrected chi connectivity index (χ4v) is 8.56. The molecule has 5 rings (SSSR count). The summed E-state index contributed by atoms with van der Waals surface area (Å²) in [4.78, 5) is 26.8. The van der Waals surface area contributed by atoms with Crippen LogP contribution in [0.1, 0.15) is 58.4 Å². The van der Waals surface area contributed by atoms with Crippen LogP contribution >= 0.6 is 0 Å². The number of ketones is 2. The average molecular weight is 440 g/mol. The molecule has 32 heavy (non-hydrogen) atoms. The minimum Gasteiger partial charge on any atom is -0.392 e. The summed E-state index contributed by atoms with van der Waals surface area (Å²) >= 11 is 0. The van der Waals surface area contributed by atoms with Crippen LogP contribution in [0.2, 0.25) is 0 Å². The number of nitrogens with one attached hydrogen (secondary N) is 1. The highest BCUT2D eigenvalue weighted by molar-refractivity contribution is 5.93. The first-order valence-corrected chi connectivity index (χ1v) is 12.3. The van der Waals surface area contributed by atoms with Gasteiger partial charge in [-0.2, -0.15) is 0 Å². The Balaban J connectivity index is 1.49. The van der Waals surface area contributed by atoms with E-state index in [0.717, 1.165) is 30.5 Å². The Labute approximate surface area is 191 Å². The molecule has 0 aromatic heterocycles. The topological polar surface area (TPSA) is 86.6 Å². The molecule has 4 aliphatic carbocycles. The zero-order valence-corrected chi connectivity index (χ0v) is 19.7. The number of rotatable bonds is 3. The lowest BCUT2D eigenvalue weighted by atomic mass is 9.39. The van der Waals surface area contributed by atoms with Gasteiger partial charge in [0.1, 0.15) is 11.6 Å². The smallest absolute Gasteiger partial charge is 0.149 e. The van der Waals surface area contributed by atoms with Crippen molar-refractivity contribution >= 4 is 17.3 Å². The Kier molecular flexibility index (Phi) is 4.93. The SMILES string of the molecule is Cc1cccc(NCC2C(=O)[C@@]34[C@H](O)C[C@@H]5C(C)(C)C(=O)CC[C@@]5(C)[C@@H]3CC[C@@H]2[C@H]4O)c1. The Hall–Kier alpha value is -1.72. The maximum atomic E-state index is 14.1. The quantitative estimate of drug-likeness (QED) is 0.668. The van der Waals surface area contributed by atoms with Gasteiger partial charge in [0.05, 0.1) is 17.6 Å². The van der Waals surface area contributed by atoms with E-state index in [0.29, 0.717) is 19.4 Å².